The van der Waals surface area contributed by atoms with E-state index in [1.54, 1.807) is 0 Å². The molecule has 1 aromatic heterocycles. The van der Waals surface area contributed by atoms with Crippen LogP contribution in [0.25, 0.3) is 0 Å². The van der Waals surface area contributed by atoms with E-state index in [0.29, 0.717) is 0 Å². The summed E-state index contributed by atoms with van der Waals surface area (Å²) >= 11 is 0. The highest BCUT2D eigenvalue weighted by Gasteiger charge is 2.13. The predicted octanol–water partition coefficient (Wildman–Crippen LogP) is 5.98. The van der Waals surface area contributed by atoms with Crippen molar-refractivity contribution in [1.82, 2.24) is 4.98 Å². The van der Waals surface area contributed by atoms with Gasteiger partial charge in [0.25, 0.3) is 0 Å². The molecule has 0 atom stereocenters. The molecule has 1 heteroatoms. The molecule has 0 aliphatic rings. The van der Waals surface area contributed by atoms with Crippen LogP contribution in [0.4, 0.5) is 0 Å². The van der Waals surface area contributed by atoms with Crippen molar-refractivity contribution in [3.8, 4) is 0 Å². The molecule has 1 heterocycles. The molecule has 0 aliphatic carbocycles. The van der Waals surface area contributed by atoms with Crippen molar-refractivity contribution in [3.05, 3.63) is 65.0 Å². The maximum atomic E-state index is 4.15. The average molecular weight is 297 g/mol. The van der Waals surface area contributed by atoms with Gasteiger partial charge in [0, 0.05) is 11.9 Å². The lowest BCUT2D eigenvalue weighted by atomic mass is 9.86. The molecular formula is C21H31N. The van der Waals surface area contributed by atoms with Crippen molar-refractivity contribution in [2.45, 2.75) is 66.2 Å². The molecule has 0 aliphatic heterocycles. The van der Waals surface area contributed by atoms with E-state index in [-0.39, 0.29) is 10.8 Å². The Morgan fingerprint density at radius 3 is 1.64 bits per heavy atom. The van der Waals surface area contributed by atoms with Crippen LogP contribution in [0, 0.1) is 13.8 Å². The number of aromatic nitrogens is 1. The minimum absolute atomic E-state index is 0.244. The van der Waals surface area contributed by atoms with E-state index in [1.807, 2.05) is 13.1 Å². The number of benzene rings is 1. The van der Waals surface area contributed by atoms with Gasteiger partial charge in [-0.15, -0.1) is 0 Å². The number of hydrogen-bond acceptors (Lipinski definition) is 1. The Hall–Kier alpha value is -1.63. The summed E-state index contributed by atoms with van der Waals surface area (Å²) in [5.41, 5.74) is 5.73. The van der Waals surface area contributed by atoms with E-state index >= 15 is 0 Å². The summed E-state index contributed by atoms with van der Waals surface area (Å²) in [4.78, 5) is 4.15. The highest BCUT2D eigenvalue weighted by Crippen LogP contribution is 2.22. The van der Waals surface area contributed by atoms with Gasteiger partial charge in [-0.2, -0.15) is 0 Å². The van der Waals surface area contributed by atoms with E-state index in [1.165, 1.54) is 16.7 Å². The molecule has 0 saturated carbocycles. The third-order valence-electron chi connectivity index (χ3n) is 3.65. The summed E-state index contributed by atoms with van der Waals surface area (Å²) in [6, 6.07) is 12.9. The van der Waals surface area contributed by atoms with Gasteiger partial charge in [0.1, 0.15) is 0 Å². The largest absolute Gasteiger partial charge is 0.262 e. The standard InChI is InChI=1S/C11H16.C10H15N/c1-9-6-5-7-10(8-9)11(2,3)4;1-8-7-9(5-6-11-8)10(2,3)4/h5-8H,1-4H3;5-7H,1-4H3. The van der Waals surface area contributed by atoms with Crippen molar-refractivity contribution in [2.24, 2.45) is 0 Å². The van der Waals surface area contributed by atoms with Crippen LogP contribution in [0.1, 0.15) is 63.9 Å². The Morgan fingerprint density at radius 2 is 1.27 bits per heavy atom. The Morgan fingerprint density at radius 1 is 0.727 bits per heavy atom. The topological polar surface area (TPSA) is 12.9 Å². The van der Waals surface area contributed by atoms with E-state index in [0.717, 1.165) is 5.69 Å². The minimum atomic E-state index is 0.244. The van der Waals surface area contributed by atoms with Gasteiger partial charge in [0.15, 0.2) is 0 Å². The molecule has 2 aromatic rings. The van der Waals surface area contributed by atoms with Gasteiger partial charge in [-0.05, 0) is 47.9 Å². The van der Waals surface area contributed by atoms with Gasteiger partial charge in [0.05, 0.1) is 0 Å². The number of aryl methyl sites for hydroxylation is 2. The smallest absolute Gasteiger partial charge is 0.0375 e. The molecule has 0 fully saturated rings. The van der Waals surface area contributed by atoms with Crippen LogP contribution in [0.2, 0.25) is 0 Å². The molecule has 0 spiro atoms. The zero-order valence-electron chi connectivity index (χ0n) is 15.5. The van der Waals surface area contributed by atoms with Gasteiger partial charge in [-0.3, -0.25) is 4.98 Å². The summed E-state index contributed by atoms with van der Waals surface area (Å²) in [6.45, 7) is 17.5. The molecule has 0 amide bonds. The second-order valence-corrected chi connectivity index (χ2v) is 8.06. The lowest BCUT2D eigenvalue weighted by Crippen LogP contribution is -2.11. The molecule has 2 rings (SSSR count). The normalized spacial score (nSPS) is 11.6. The van der Waals surface area contributed by atoms with E-state index in [2.05, 4.69) is 89.8 Å². The highest BCUT2D eigenvalue weighted by molar-refractivity contribution is 5.27. The molecule has 0 saturated heterocycles. The third kappa shape index (κ3) is 6.01. The minimum Gasteiger partial charge on any atom is -0.262 e. The first kappa shape index (κ1) is 18.4. The quantitative estimate of drug-likeness (QED) is 0.583. The summed E-state index contributed by atoms with van der Waals surface area (Å²) in [5.74, 6) is 0. The number of hydrogen-bond donors (Lipinski definition) is 0. The molecule has 0 N–H and O–H groups in total. The first-order valence-electron chi connectivity index (χ1n) is 8.00. The summed E-state index contributed by atoms with van der Waals surface area (Å²) in [5, 5.41) is 0. The van der Waals surface area contributed by atoms with Crippen LogP contribution in [0.15, 0.2) is 42.6 Å². The number of rotatable bonds is 0. The Kier molecular flexibility index (Phi) is 5.93. The molecule has 1 nitrogen and oxygen atoms in total. The molecule has 0 radical (unpaired) electrons. The average Bonchev–Trinajstić information content (AvgIpc) is 2.37. The maximum Gasteiger partial charge on any atom is 0.0375 e. The van der Waals surface area contributed by atoms with Gasteiger partial charge < -0.3 is 0 Å². The lowest BCUT2D eigenvalue weighted by Gasteiger charge is -2.19. The Labute approximate surface area is 136 Å². The first-order chi connectivity index (χ1) is 10.00. The summed E-state index contributed by atoms with van der Waals surface area (Å²) in [7, 11) is 0. The molecule has 120 valence electrons. The molecule has 0 unspecified atom stereocenters. The number of pyridine rings is 1. The Balaban J connectivity index is 0.000000220. The number of nitrogens with zero attached hydrogens (tertiary/aromatic N) is 1. The van der Waals surface area contributed by atoms with Crippen LogP contribution in [-0.2, 0) is 10.8 Å². The Bertz CT molecular complexity index is 542. The van der Waals surface area contributed by atoms with Crippen LogP contribution in [0.3, 0.4) is 0 Å². The second-order valence-electron chi connectivity index (χ2n) is 8.06. The van der Waals surface area contributed by atoms with Crippen LogP contribution >= 0.6 is 0 Å². The fourth-order valence-electron chi connectivity index (χ4n) is 2.12. The van der Waals surface area contributed by atoms with Crippen molar-refractivity contribution in [2.75, 3.05) is 0 Å². The van der Waals surface area contributed by atoms with Crippen molar-refractivity contribution in [1.29, 1.82) is 0 Å². The molecule has 1 aromatic carbocycles. The van der Waals surface area contributed by atoms with Crippen LogP contribution in [0.5, 0.6) is 0 Å². The third-order valence-corrected chi connectivity index (χ3v) is 3.65. The van der Waals surface area contributed by atoms with E-state index in [9.17, 15) is 0 Å². The SMILES string of the molecule is Cc1cc(C(C)(C)C)ccn1.Cc1cccc(C(C)(C)C)c1. The van der Waals surface area contributed by atoms with Crippen molar-refractivity contribution >= 4 is 0 Å². The zero-order chi connectivity index (χ0) is 17.0. The van der Waals surface area contributed by atoms with E-state index in [4.69, 9.17) is 0 Å². The summed E-state index contributed by atoms with van der Waals surface area (Å²) < 4.78 is 0. The summed E-state index contributed by atoms with van der Waals surface area (Å²) in [6.07, 6.45) is 1.87. The van der Waals surface area contributed by atoms with Crippen molar-refractivity contribution < 1.29 is 0 Å². The maximum absolute atomic E-state index is 4.15. The van der Waals surface area contributed by atoms with Gasteiger partial charge in [-0.25, -0.2) is 0 Å². The van der Waals surface area contributed by atoms with Gasteiger partial charge in [0.2, 0.25) is 0 Å². The first-order valence-corrected chi connectivity index (χ1v) is 8.00. The predicted molar refractivity (Wildman–Crippen MR) is 97.6 cm³/mol. The second kappa shape index (κ2) is 7.09. The zero-order valence-corrected chi connectivity index (χ0v) is 15.5. The lowest BCUT2D eigenvalue weighted by molar-refractivity contribution is 0.588. The van der Waals surface area contributed by atoms with Gasteiger partial charge >= 0.3 is 0 Å². The monoisotopic (exact) mass is 297 g/mol. The fraction of sp³-hybridized carbons (Fsp3) is 0.476. The molecule has 0 bridgehead atoms. The molecule has 22 heavy (non-hydrogen) atoms. The fourth-order valence-corrected chi connectivity index (χ4v) is 2.12. The van der Waals surface area contributed by atoms with Crippen molar-refractivity contribution in [3.63, 3.8) is 0 Å². The van der Waals surface area contributed by atoms with Gasteiger partial charge in [-0.1, -0.05) is 71.4 Å². The highest BCUT2D eigenvalue weighted by atomic mass is 14.6. The van der Waals surface area contributed by atoms with E-state index < -0.39 is 0 Å². The van der Waals surface area contributed by atoms with Crippen LogP contribution < -0.4 is 0 Å². The molecular weight excluding hydrogens is 266 g/mol. The van der Waals surface area contributed by atoms with Crippen LogP contribution in [-0.4, -0.2) is 4.98 Å².